The summed E-state index contributed by atoms with van der Waals surface area (Å²) in [7, 11) is 0. The molecule has 22 heavy (non-hydrogen) atoms. The first kappa shape index (κ1) is 28.4. The number of hydrogen-bond acceptors (Lipinski definition) is 6. The first-order valence-corrected chi connectivity index (χ1v) is 5.91. The van der Waals surface area contributed by atoms with Crippen LogP contribution in [0.25, 0.3) is 0 Å². The van der Waals surface area contributed by atoms with Gasteiger partial charge in [0.05, 0.1) is 0 Å². The maximum absolute atomic E-state index is 9.99. The van der Waals surface area contributed by atoms with Gasteiger partial charge < -0.3 is 35.2 Å². The van der Waals surface area contributed by atoms with Gasteiger partial charge in [0.15, 0.2) is 0 Å². The number of ketones is 6. The van der Waals surface area contributed by atoms with Crippen molar-refractivity contribution >= 4 is 34.7 Å². The van der Waals surface area contributed by atoms with E-state index in [0.717, 1.165) is 0 Å². The van der Waals surface area contributed by atoms with E-state index in [1.807, 2.05) is 0 Å². The maximum atomic E-state index is 9.99. The molecule has 7 heteroatoms. The molecule has 0 aliphatic rings. The molecule has 0 amide bonds. The molecule has 0 saturated heterocycles. The van der Waals surface area contributed by atoms with Crippen LogP contribution in [0, 0.1) is 20.8 Å². The van der Waals surface area contributed by atoms with E-state index in [0.29, 0.717) is 0 Å². The van der Waals surface area contributed by atoms with Crippen molar-refractivity contribution in [2.75, 3.05) is 0 Å². The van der Waals surface area contributed by atoms with Gasteiger partial charge >= 0.3 is 20.1 Å². The third-order valence-corrected chi connectivity index (χ3v) is 1.34. The summed E-state index contributed by atoms with van der Waals surface area (Å²) in [5, 5.41) is 0. The van der Waals surface area contributed by atoms with E-state index in [9.17, 15) is 28.8 Å². The fourth-order valence-corrected chi connectivity index (χ4v) is 0.833. The van der Waals surface area contributed by atoms with Crippen LogP contribution in [0.2, 0.25) is 0 Å². The van der Waals surface area contributed by atoms with Gasteiger partial charge in [-0.2, -0.15) is 0 Å². The van der Waals surface area contributed by atoms with E-state index in [1.165, 1.54) is 20.8 Å². The fraction of sp³-hybridized carbons (Fsp3) is 0.400. The molecule has 126 valence electrons. The van der Waals surface area contributed by atoms with E-state index >= 15 is 0 Å². The zero-order valence-electron chi connectivity index (χ0n) is 13.0. The predicted molar refractivity (Wildman–Crippen MR) is 77.0 cm³/mol. The Bertz CT molecular complexity index is 314. The van der Waals surface area contributed by atoms with Crippen molar-refractivity contribution in [2.24, 2.45) is 0 Å². The molecule has 0 aliphatic carbocycles. The van der Waals surface area contributed by atoms with Gasteiger partial charge in [0.2, 0.25) is 0 Å². The molecule has 0 heterocycles. The van der Waals surface area contributed by atoms with Crippen LogP contribution in [-0.4, -0.2) is 34.7 Å². The molecule has 0 bridgehead atoms. The number of carbonyl (C=O) groups is 6. The third-order valence-electron chi connectivity index (χ3n) is 1.34. The van der Waals surface area contributed by atoms with Gasteiger partial charge in [-0.25, -0.2) is 0 Å². The van der Waals surface area contributed by atoms with Crippen LogP contribution in [0.4, 0.5) is 0 Å². The van der Waals surface area contributed by atoms with Gasteiger partial charge in [-0.15, -0.1) is 0 Å². The summed E-state index contributed by atoms with van der Waals surface area (Å²) in [5.41, 5.74) is 0. The Labute approximate surface area is 144 Å². The molecule has 0 unspecified atom stereocenters. The van der Waals surface area contributed by atoms with Crippen molar-refractivity contribution in [1.82, 2.24) is 0 Å². The molecule has 0 aliphatic heterocycles. The van der Waals surface area contributed by atoms with Gasteiger partial charge in [0, 0.05) is 36.6 Å². The van der Waals surface area contributed by atoms with Crippen molar-refractivity contribution < 1.29 is 48.9 Å². The second-order valence-electron chi connectivity index (χ2n) is 4.25. The molecular formula is C15H21IrO6. The average molecular weight is 490 g/mol. The molecule has 0 atom stereocenters. The molecule has 6 nitrogen and oxygen atoms in total. The Morgan fingerprint density at radius 2 is 0.682 bits per heavy atom. The van der Waals surface area contributed by atoms with Crippen LogP contribution in [0.1, 0.15) is 40.0 Å². The standard InChI is InChI=1S/3C5H7O2.Ir/c3*1-4(6)3-5(2)7;/h3*1,3H2,2H3;/q3*-1;+3. The second kappa shape index (κ2) is 17.3. The zero-order valence-corrected chi connectivity index (χ0v) is 15.4. The Kier molecular flexibility index (Phi) is 22.4. The number of hydrogen-bond donors (Lipinski definition) is 0. The van der Waals surface area contributed by atoms with Crippen LogP contribution < -0.4 is 0 Å². The van der Waals surface area contributed by atoms with E-state index in [2.05, 4.69) is 20.8 Å². The van der Waals surface area contributed by atoms with Gasteiger partial charge in [-0.3, -0.25) is 14.4 Å². The van der Waals surface area contributed by atoms with E-state index < -0.39 is 0 Å². The van der Waals surface area contributed by atoms with Gasteiger partial charge in [-0.1, -0.05) is 0 Å². The average Bonchev–Trinajstić information content (AvgIpc) is 2.10. The van der Waals surface area contributed by atoms with Gasteiger partial charge in [-0.05, 0) is 20.8 Å². The number of rotatable bonds is 6. The normalized spacial score (nSPS) is 7.77. The molecule has 0 fully saturated rings. The molecule has 0 N–H and O–H groups in total. The molecule has 0 saturated carbocycles. The summed E-state index contributed by atoms with van der Waals surface area (Å²) < 4.78 is 0. The van der Waals surface area contributed by atoms with Crippen LogP contribution >= 0.6 is 0 Å². The maximum Gasteiger partial charge on any atom is 3.00 e. The van der Waals surface area contributed by atoms with Crippen molar-refractivity contribution in [2.45, 2.75) is 40.0 Å². The molecule has 0 aromatic carbocycles. The smallest absolute Gasteiger partial charge is 0.339 e. The van der Waals surface area contributed by atoms with Gasteiger partial charge in [0.25, 0.3) is 0 Å². The minimum Gasteiger partial charge on any atom is -0.339 e. The van der Waals surface area contributed by atoms with E-state index in [1.54, 1.807) is 0 Å². The number of carbonyl (C=O) groups excluding carboxylic acids is 6. The fourth-order valence-electron chi connectivity index (χ4n) is 0.833. The number of Topliss-reactive ketones (excluding diaryl/α,β-unsaturated/α-hetero) is 6. The Morgan fingerprint density at radius 1 is 0.545 bits per heavy atom. The van der Waals surface area contributed by atoms with Crippen molar-refractivity contribution in [3.8, 4) is 0 Å². The summed E-state index contributed by atoms with van der Waals surface area (Å²) in [5.74, 6) is -1.31. The van der Waals surface area contributed by atoms with Crippen LogP contribution in [0.5, 0.6) is 0 Å². The molecule has 0 spiro atoms. The summed E-state index contributed by atoms with van der Waals surface area (Å²) >= 11 is 0. The van der Waals surface area contributed by atoms with Gasteiger partial charge in [0.1, 0.15) is 17.3 Å². The summed E-state index contributed by atoms with van der Waals surface area (Å²) in [6.07, 6.45) is -0.0833. The second-order valence-corrected chi connectivity index (χ2v) is 4.25. The first-order chi connectivity index (χ1) is 9.38. The monoisotopic (exact) mass is 490 g/mol. The van der Waals surface area contributed by atoms with Crippen LogP contribution in [0.15, 0.2) is 0 Å². The van der Waals surface area contributed by atoms with E-state index in [4.69, 9.17) is 0 Å². The summed E-state index contributed by atoms with van der Waals surface area (Å²) in [4.78, 5) is 59.7. The minimum atomic E-state index is -0.312. The van der Waals surface area contributed by atoms with Crippen molar-refractivity contribution in [3.05, 3.63) is 20.8 Å². The van der Waals surface area contributed by atoms with E-state index in [-0.39, 0.29) is 74.1 Å². The third kappa shape index (κ3) is 51.7. The SMILES string of the molecule is [CH2-]C(=O)CC(C)=O.[CH2-]C(=O)CC(C)=O.[CH2-]C(=O)CC(C)=O.[Ir+3]. The summed E-state index contributed by atoms with van der Waals surface area (Å²) in [6, 6.07) is 0. The molecule has 0 aromatic heterocycles. The summed E-state index contributed by atoms with van der Waals surface area (Å²) in [6.45, 7) is 13.1. The topological polar surface area (TPSA) is 102 Å². The molecule has 0 radical (unpaired) electrons. The molecule has 0 rings (SSSR count). The van der Waals surface area contributed by atoms with Crippen molar-refractivity contribution in [3.63, 3.8) is 0 Å². The minimum absolute atomic E-state index is 0. The first-order valence-electron chi connectivity index (χ1n) is 5.91. The predicted octanol–water partition coefficient (Wildman–Crippen LogP) is 1.10. The largest absolute Gasteiger partial charge is 3.00 e. The molecular weight excluding hydrogens is 468 g/mol. The van der Waals surface area contributed by atoms with Crippen LogP contribution in [-0.2, 0) is 48.9 Å². The quantitative estimate of drug-likeness (QED) is 0.409. The Morgan fingerprint density at radius 3 is 0.682 bits per heavy atom. The Balaban J connectivity index is -0.000000108. The van der Waals surface area contributed by atoms with Crippen molar-refractivity contribution in [1.29, 1.82) is 0 Å². The Hall–Kier alpha value is -1.72. The van der Waals surface area contributed by atoms with Crippen LogP contribution in [0.3, 0.4) is 0 Å². The zero-order chi connectivity index (χ0) is 17.6. The molecule has 0 aromatic rings.